The van der Waals surface area contributed by atoms with E-state index in [2.05, 4.69) is 89.3 Å². The quantitative estimate of drug-likeness (QED) is 0.341. The first kappa shape index (κ1) is 20.8. The van der Waals surface area contributed by atoms with E-state index in [0.717, 1.165) is 44.9 Å². The Labute approximate surface area is 193 Å². The molecule has 5 aromatic rings. The SMILES string of the molecule is Cc1ccc(-c2nc3cc(C(C)(C)C)ccc3[nH]2)cc1Nc1nccc(-c2cccnc2)n1. The smallest absolute Gasteiger partial charge is 0.227 e. The van der Waals surface area contributed by atoms with Crippen molar-refractivity contribution in [3.63, 3.8) is 0 Å². The fraction of sp³-hybridized carbons (Fsp3) is 0.185. The number of hydrogen-bond acceptors (Lipinski definition) is 5. The molecule has 0 aliphatic rings. The van der Waals surface area contributed by atoms with E-state index in [-0.39, 0.29) is 5.41 Å². The van der Waals surface area contributed by atoms with Crippen LogP contribution in [0, 0.1) is 6.92 Å². The van der Waals surface area contributed by atoms with Gasteiger partial charge in [0.25, 0.3) is 0 Å². The Morgan fingerprint density at radius 2 is 1.76 bits per heavy atom. The van der Waals surface area contributed by atoms with Crippen LogP contribution in [-0.4, -0.2) is 24.9 Å². The highest BCUT2D eigenvalue weighted by molar-refractivity contribution is 5.81. The van der Waals surface area contributed by atoms with Crippen molar-refractivity contribution < 1.29 is 0 Å². The summed E-state index contributed by atoms with van der Waals surface area (Å²) in [6, 6.07) is 18.4. The van der Waals surface area contributed by atoms with Crippen LogP contribution in [0.5, 0.6) is 0 Å². The second-order valence-corrected chi connectivity index (χ2v) is 9.23. The lowest BCUT2D eigenvalue weighted by atomic mass is 9.87. The van der Waals surface area contributed by atoms with E-state index in [9.17, 15) is 0 Å². The summed E-state index contributed by atoms with van der Waals surface area (Å²) in [7, 11) is 0. The van der Waals surface area contributed by atoms with Gasteiger partial charge in [-0.3, -0.25) is 4.98 Å². The lowest BCUT2D eigenvalue weighted by Gasteiger charge is -2.18. The Balaban J connectivity index is 1.47. The minimum atomic E-state index is 0.0819. The third-order valence-corrected chi connectivity index (χ3v) is 5.72. The number of aromatic nitrogens is 5. The molecule has 2 aromatic carbocycles. The first-order valence-corrected chi connectivity index (χ1v) is 11.0. The highest BCUT2D eigenvalue weighted by Crippen LogP contribution is 2.30. The van der Waals surface area contributed by atoms with Crippen LogP contribution in [0.15, 0.2) is 73.2 Å². The maximum atomic E-state index is 4.87. The van der Waals surface area contributed by atoms with Gasteiger partial charge in [-0.05, 0) is 59.9 Å². The van der Waals surface area contributed by atoms with Gasteiger partial charge in [0.1, 0.15) is 5.82 Å². The molecule has 0 saturated heterocycles. The highest BCUT2D eigenvalue weighted by atomic mass is 15.1. The summed E-state index contributed by atoms with van der Waals surface area (Å²) in [5.74, 6) is 1.38. The molecule has 3 aromatic heterocycles. The molecule has 5 rings (SSSR count). The van der Waals surface area contributed by atoms with Gasteiger partial charge in [0, 0.05) is 35.4 Å². The second kappa shape index (κ2) is 8.13. The average molecular weight is 435 g/mol. The highest BCUT2D eigenvalue weighted by Gasteiger charge is 2.16. The first-order valence-electron chi connectivity index (χ1n) is 11.0. The van der Waals surface area contributed by atoms with Crippen LogP contribution in [0.2, 0.25) is 0 Å². The zero-order valence-electron chi connectivity index (χ0n) is 19.2. The third kappa shape index (κ3) is 4.32. The Kier molecular flexibility index (Phi) is 5.13. The number of rotatable bonds is 4. The molecular weight excluding hydrogens is 408 g/mol. The molecule has 164 valence electrons. The summed E-state index contributed by atoms with van der Waals surface area (Å²) in [6.07, 6.45) is 5.30. The van der Waals surface area contributed by atoms with Crippen molar-refractivity contribution in [3.8, 4) is 22.6 Å². The number of anilines is 2. The van der Waals surface area contributed by atoms with Crippen molar-refractivity contribution in [3.05, 3.63) is 84.3 Å². The molecule has 6 nitrogen and oxygen atoms in total. The second-order valence-electron chi connectivity index (χ2n) is 9.23. The zero-order chi connectivity index (χ0) is 23.0. The van der Waals surface area contributed by atoms with Gasteiger partial charge < -0.3 is 10.3 Å². The zero-order valence-corrected chi connectivity index (χ0v) is 19.2. The van der Waals surface area contributed by atoms with E-state index >= 15 is 0 Å². The summed E-state index contributed by atoms with van der Waals surface area (Å²) in [5, 5.41) is 3.37. The summed E-state index contributed by atoms with van der Waals surface area (Å²) in [5.41, 5.74) is 8.16. The van der Waals surface area contributed by atoms with Crippen LogP contribution in [0.25, 0.3) is 33.7 Å². The molecule has 0 atom stereocenters. The maximum absolute atomic E-state index is 4.87. The molecule has 0 aliphatic heterocycles. The molecular formula is C27H26N6. The largest absolute Gasteiger partial charge is 0.338 e. The molecule has 0 unspecified atom stereocenters. The Morgan fingerprint density at radius 1 is 0.879 bits per heavy atom. The van der Waals surface area contributed by atoms with E-state index in [1.165, 1.54) is 5.56 Å². The van der Waals surface area contributed by atoms with Crippen LogP contribution in [-0.2, 0) is 5.41 Å². The molecule has 2 N–H and O–H groups in total. The Hall–Kier alpha value is -4.06. The van der Waals surface area contributed by atoms with Crippen LogP contribution in [0.1, 0.15) is 31.9 Å². The molecule has 0 bridgehead atoms. The van der Waals surface area contributed by atoms with Gasteiger partial charge in [-0.2, -0.15) is 0 Å². The fourth-order valence-corrected chi connectivity index (χ4v) is 3.73. The number of fused-ring (bicyclic) bond motifs is 1. The molecule has 33 heavy (non-hydrogen) atoms. The molecule has 3 heterocycles. The lowest BCUT2D eigenvalue weighted by molar-refractivity contribution is 0.591. The summed E-state index contributed by atoms with van der Waals surface area (Å²) < 4.78 is 0. The van der Waals surface area contributed by atoms with Gasteiger partial charge in [0.05, 0.1) is 16.7 Å². The van der Waals surface area contributed by atoms with Crippen LogP contribution >= 0.6 is 0 Å². The summed E-state index contributed by atoms with van der Waals surface area (Å²) >= 11 is 0. The van der Waals surface area contributed by atoms with Gasteiger partial charge in [0.15, 0.2) is 0 Å². The number of imidazole rings is 1. The van der Waals surface area contributed by atoms with E-state index in [1.54, 1.807) is 18.6 Å². The van der Waals surface area contributed by atoms with Crippen molar-refractivity contribution in [1.29, 1.82) is 0 Å². The van der Waals surface area contributed by atoms with Crippen LogP contribution < -0.4 is 5.32 Å². The van der Waals surface area contributed by atoms with Gasteiger partial charge >= 0.3 is 0 Å². The molecule has 0 fully saturated rings. The maximum Gasteiger partial charge on any atom is 0.227 e. The minimum Gasteiger partial charge on any atom is -0.338 e. The molecule has 0 saturated carbocycles. The van der Waals surface area contributed by atoms with Crippen molar-refractivity contribution in [1.82, 2.24) is 24.9 Å². The summed E-state index contributed by atoms with van der Waals surface area (Å²) in [4.78, 5) is 21.6. The van der Waals surface area contributed by atoms with Gasteiger partial charge in [-0.25, -0.2) is 15.0 Å². The number of nitrogens with one attached hydrogen (secondary N) is 2. The van der Waals surface area contributed by atoms with Crippen LogP contribution in [0.3, 0.4) is 0 Å². The first-order chi connectivity index (χ1) is 15.9. The monoisotopic (exact) mass is 434 g/mol. The fourth-order valence-electron chi connectivity index (χ4n) is 3.73. The van der Waals surface area contributed by atoms with E-state index in [4.69, 9.17) is 4.98 Å². The van der Waals surface area contributed by atoms with Gasteiger partial charge in [0.2, 0.25) is 5.95 Å². The summed E-state index contributed by atoms with van der Waals surface area (Å²) in [6.45, 7) is 8.70. The van der Waals surface area contributed by atoms with Gasteiger partial charge in [-0.1, -0.05) is 39.0 Å². The number of aryl methyl sites for hydroxylation is 1. The standard InChI is InChI=1S/C27H26N6/c1-17-7-8-18(25-30-22-10-9-20(27(2,3)4)15-24(22)31-25)14-23(17)33-26-29-13-11-21(32-26)19-6-5-12-28-16-19/h5-16H,1-4H3,(H,30,31)(H,29,32,33). The molecule has 6 heteroatoms. The average Bonchev–Trinajstić information content (AvgIpc) is 3.24. The van der Waals surface area contributed by atoms with E-state index in [1.807, 2.05) is 18.2 Å². The number of hydrogen-bond donors (Lipinski definition) is 2. The Morgan fingerprint density at radius 3 is 2.55 bits per heavy atom. The number of benzene rings is 2. The molecule has 0 radical (unpaired) electrons. The number of H-pyrrole nitrogens is 1. The number of pyridine rings is 1. The lowest BCUT2D eigenvalue weighted by Crippen LogP contribution is -2.10. The predicted octanol–water partition coefficient (Wildman–Crippen LogP) is 6.43. The van der Waals surface area contributed by atoms with Crippen molar-refractivity contribution >= 4 is 22.7 Å². The van der Waals surface area contributed by atoms with Crippen molar-refractivity contribution in [2.24, 2.45) is 0 Å². The van der Waals surface area contributed by atoms with E-state index in [0.29, 0.717) is 5.95 Å². The topological polar surface area (TPSA) is 79.4 Å². The van der Waals surface area contributed by atoms with Crippen molar-refractivity contribution in [2.45, 2.75) is 33.1 Å². The van der Waals surface area contributed by atoms with Crippen LogP contribution in [0.4, 0.5) is 11.6 Å². The van der Waals surface area contributed by atoms with Gasteiger partial charge in [-0.15, -0.1) is 0 Å². The van der Waals surface area contributed by atoms with Crippen molar-refractivity contribution in [2.75, 3.05) is 5.32 Å². The van der Waals surface area contributed by atoms with E-state index < -0.39 is 0 Å². The third-order valence-electron chi connectivity index (χ3n) is 5.72. The molecule has 0 spiro atoms. The molecule has 0 amide bonds. The Bertz CT molecular complexity index is 1430. The normalized spacial score (nSPS) is 11.6. The minimum absolute atomic E-state index is 0.0819. The number of aromatic amines is 1. The number of nitrogens with zero attached hydrogens (tertiary/aromatic N) is 4. The molecule has 0 aliphatic carbocycles. The predicted molar refractivity (Wildman–Crippen MR) is 134 cm³/mol.